The van der Waals surface area contributed by atoms with Gasteiger partial charge in [0.15, 0.2) is 12.6 Å². The maximum Gasteiger partial charge on any atom is 0.184 e. The topological polar surface area (TPSA) is 69.5 Å². The van der Waals surface area contributed by atoms with Crippen molar-refractivity contribution >= 4 is 5.71 Å². The Hall–Kier alpha value is -1.47. The van der Waals surface area contributed by atoms with Crippen molar-refractivity contribution in [2.24, 2.45) is 5.16 Å². The number of hydrogen-bond donors (Lipinski definition) is 1. The zero-order valence-corrected chi connectivity index (χ0v) is 11.1. The van der Waals surface area contributed by atoms with Crippen molar-refractivity contribution in [3.05, 3.63) is 35.9 Å². The standard InChI is InChI=1S/C14H17NO5/c1-17-12-7-10(15-16)13-11(19-12)8-18-14(20-13)9-5-3-2-4-6-9/h2-6,11-14,16H,7-8H2,1H3/t11-,12+,13+,14+/m1/s1. The van der Waals surface area contributed by atoms with E-state index in [9.17, 15) is 0 Å². The second kappa shape index (κ2) is 5.88. The van der Waals surface area contributed by atoms with Gasteiger partial charge in [-0.3, -0.25) is 0 Å². The van der Waals surface area contributed by atoms with Crippen molar-refractivity contribution in [2.75, 3.05) is 13.7 Å². The van der Waals surface area contributed by atoms with Crippen LogP contribution in [0.25, 0.3) is 0 Å². The summed E-state index contributed by atoms with van der Waals surface area (Å²) < 4.78 is 22.4. The summed E-state index contributed by atoms with van der Waals surface area (Å²) in [5, 5.41) is 12.5. The van der Waals surface area contributed by atoms with Crippen LogP contribution in [0.4, 0.5) is 0 Å². The predicted molar refractivity (Wildman–Crippen MR) is 69.5 cm³/mol. The number of benzene rings is 1. The van der Waals surface area contributed by atoms with E-state index < -0.39 is 18.7 Å². The Morgan fingerprint density at radius 1 is 1.25 bits per heavy atom. The molecule has 1 aromatic carbocycles. The Kier molecular flexibility index (Phi) is 3.98. The number of hydrogen-bond acceptors (Lipinski definition) is 6. The lowest BCUT2D eigenvalue weighted by Gasteiger charge is -2.41. The maximum absolute atomic E-state index is 9.16. The van der Waals surface area contributed by atoms with Gasteiger partial charge in [-0.05, 0) is 0 Å². The van der Waals surface area contributed by atoms with Crippen molar-refractivity contribution in [3.8, 4) is 0 Å². The van der Waals surface area contributed by atoms with Crippen LogP contribution in [0, 0.1) is 0 Å². The molecule has 6 heteroatoms. The molecule has 0 amide bonds. The van der Waals surface area contributed by atoms with Crippen LogP contribution >= 0.6 is 0 Å². The Morgan fingerprint density at radius 3 is 2.75 bits per heavy atom. The molecule has 0 spiro atoms. The molecule has 2 fully saturated rings. The third kappa shape index (κ3) is 2.55. The lowest BCUT2D eigenvalue weighted by Crippen LogP contribution is -2.53. The molecule has 1 aromatic rings. The monoisotopic (exact) mass is 279 g/mol. The minimum absolute atomic E-state index is 0.320. The van der Waals surface area contributed by atoms with Gasteiger partial charge in [0, 0.05) is 19.1 Å². The minimum Gasteiger partial charge on any atom is -0.411 e. The van der Waals surface area contributed by atoms with E-state index in [1.54, 1.807) is 7.11 Å². The first-order valence-corrected chi connectivity index (χ1v) is 6.53. The molecule has 0 aliphatic carbocycles. The quantitative estimate of drug-likeness (QED) is 0.659. The summed E-state index contributed by atoms with van der Waals surface area (Å²) in [7, 11) is 1.55. The van der Waals surface area contributed by atoms with Crippen LogP contribution in [0.5, 0.6) is 0 Å². The predicted octanol–water partition coefficient (Wildman–Crippen LogP) is 1.69. The van der Waals surface area contributed by atoms with Crippen LogP contribution in [0.1, 0.15) is 18.3 Å². The summed E-state index contributed by atoms with van der Waals surface area (Å²) in [6.45, 7) is 0.364. The highest BCUT2D eigenvalue weighted by molar-refractivity contribution is 5.89. The van der Waals surface area contributed by atoms with Gasteiger partial charge < -0.3 is 24.2 Å². The Morgan fingerprint density at radius 2 is 2.05 bits per heavy atom. The molecule has 0 aromatic heterocycles. The first-order valence-electron chi connectivity index (χ1n) is 6.53. The van der Waals surface area contributed by atoms with Crippen LogP contribution in [0.3, 0.4) is 0 Å². The fourth-order valence-corrected chi connectivity index (χ4v) is 2.49. The molecule has 0 radical (unpaired) electrons. The number of fused-ring (bicyclic) bond motifs is 1. The van der Waals surface area contributed by atoms with Gasteiger partial charge in [-0.1, -0.05) is 35.5 Å². The second-order valence-corrected chi connectivity index (χ2v) is 4.77. The summed E-state index contributed by atoms with van der Waals surface area (Å²) in [4.78, 5) is 0. The highest BCUT2D eigenvalue weighted by Crippen LogP contribution is 2.32. The highest BCUT2D eigenvalue weighted by Gasteiger charge is 2.42. The number of rotatable bonds is 2. The molecule has 6 nitrogen and oxygen atoms in total. The molecule has 3 rings (SSSR count). The van der Waals surface area contributed by atoms with Gasteiger partial charge in [-0.25, -0.2) is 0 Å². The van der Waals surface area contributed by atoms with Crippen LogP contribution in [0.2, 0.25) is 0 Å². The lowest BCUT2D eigenvalue weighted by atomic mass is 10.0. The Bertz CT molecular complexity index is 478. The van der Waals surface area contributed by atoms with E-state index in [1.807, 2.05) is 30.3 Å². The molecule has 2 heterocycles. The van der Waals surface area contributed by atoms with E-state index in [0.29, 0.717) is 18.7 Å². The van der Waals surface area contributed by atoms with Gasteiger partial charge in [-0.2, -0.15) is 0 Å². The van der Waals surface area contributed by atoms with E-state index in [1.165, 1.54) is 0 Å². The van der Waals surface area contributed by atoms with Crippen molar-refractivity contribution in [2.45, 2.75) is 31.2 Å². The fraction of sp³-hybridized carbons (Fsp3) is 0.500. The molecule has 0 bridgehead atoms. The SMILES string of the molecule is CO[C@@H]1CC(=NO)[C@@H]2O[C@@H](c3ccccc3)OC[C@H]2O1. The third-order valence-corrected chi connectivity index (χ3v) is 3.51. The van der Waals surface area contributed by atoms with E-state index in [4.69, 9.17) is 24.2 Å². The van der Waals surface area contributed by atoms with E-state index in [-0.39, 0.29) is 6.10 Å². The van der Waals surface area contributed by atoms with Gasteiger partial charge in [0.25, 0.3) is 0 Å². The van der Waals surface area contributed by atoms with Gasteiger partial charge >= 0.3 is 0 Å². The average molecular weight is 279 g/mol. The lowest BCUT2D eigenvalue weighted by molar-refractivity contribution is -0.286. The first-order chi connectivity index (χ1) is 9.81. The molecule has 20 heavy (non-hydrogen) atoms. The van der Waals surface area contributed by atoms with E-state index in [0.717, 1.165) is 5.56 Å². The third-order valence-electron chi connectivity index (χ3n) is 3.51. The van der Waals surface area contributed by atoms with Crippen LogP contribution in [0.15, 0.2) is 35.5 Å². The van der Waals surface area contributed by atoms with Crippen LogP contribution in [-0.4, -0.2) is 43.1 Å². The van der Waals surface area contributed by atoms with Crippen molar-refractivity contribution < 1.29 is 24.2 Å². The maximum atomic E-state index is 9.16. The first kappa shape index (κ1) is 13.5. The molecule has 0 unspecified atom stereocenters. The zero-order chi connectivity index (χ0) is 13.9. The van der Waals surface area contributed by atoms with Crippen molar-refractivity contribution in [1.29, 1.82) is 0 Å². The summed E-state index contributed by atoms with van der Waals surface area (Å²) in [5.74, 6) is 0. The number of methoxy groups -OCH3 is 1. The Labute approximate surface area is 116 Å². The van der Waals surface area contributed by atoms with E-state index >= 15 is 0 Å². The summed E-state index contributed by atoms with van der Waals surface area (Å²) in [5.41, 5.74) is 1.45. The number of nitrogens with zero attached hydrogens (tertiary/aromatic N) is 1. The smallest absolute Gasteiger partial charge is 0.184 e. The summed E-state index contributed by atoms with van der Waals surface area (Å²) >= 11 is 0. The van der Waals surface area contributed by atoms with Crippen molar-refractivity contribution in [3.63, 3.8) is 0 Å². The molecule has 2 aliphatic rings. The van der Waals surface area contributed by atoms with Gasteiger partial charge in [0.05, 0.1) is 12.3 Å². The second-order valence-electron chi connectivity index (χ2n) is 4.77. The van der Waals surface area contributed by atoms with Crippen LogP contribution in [-0.2, 0) is 18.9 Å². The molecule has 4 atom stereocenters. The summed E-state index contributed by atoms with van der Waals surface area (Å²) in [6, 6.07) is 9.65. The number of ether oxygens (including phenoxy) is 4. The largest absolute Gasteiger partial charge is 0.411 e. The Balaban J connectivity index is 1.76. The van der Waals surface area contributed by atoms with Crippen molar-refractivity contribution in [1.82, 2.24) is 0 Å². The fourth-order valence-electron chi connectivity index (χ4n) is 2.49. The molecule has 2 aliphatic heterocycles. The van der Waals surface area contributed by atoms with Gasteiger partial charge in [-0.15, -0.1) is 0 Å². The van der Waals surface area contributed by atoms with Crippen LogP contribution < -0.4 is 0 Å². The molecule has 108 valence electrons. The molecule has 1 N–H and O–H groups in total. The molecule has 0 saturated carbocycles. The zero-order valence-electron chi connectivity index (χ0n) is 11.1. The summed E-state index contributed by atoms with van der Waals surface area (Å²) in [6.07, 6.45) is -1.25. The van der Waals surface area contributed by atoms with Gasteiger partial charge in [0.2, 0.25) is 0 Å². The highest BCUT2D eigenvalue weighted by atomic mass is 16.7. The van der Waals surface area contributed by atoms with Gasteiger partial charge in [0.1, 0.15) is 12.2 Å². The molecular weight excluding hydrogens is 262 g/mol. The molecular formula is C14H17NO5. The minimum atomic E-state index is -0.475. The number of oxime groups is 1. The molecule has 2 saturated heterocycles. The van der Waals surface area contributed by atoms with E-state index in [2.05, 4.69) is 5.16 Å². The normalized spacial score (nSPS) is 35.8. The average Bonchev–Trinajstić information content (AvgIpc) is 2.54.